The zero-order valence-electron chi connectivity index (χ0n) is 15.1. The number of benzene rings is 2. The van der Waals surface area contributed by atoms with E-state index in [0.29, 0.717) is 23.2 Å². The molecule has 0 aliphatic heterocycles. The summed E-state index contributed by atoms with van der Waals surface area (Å²) >= 11 is 1.60. The number of thiazole rings is 1. The Bertz CT molecular complexity index is 1270. The van der Waals surface area contributed by atoms with Gasteiger partial charge < -0.3 is 14.8 Å². The van der Waals surface area contributed by atoms with Crippen LogP contribution in [0.3, 0.4) is 0 Å². The number of anilines is 2. The Morgan fingerprint density at radius 1 is 1.04 bits per heavy atom. The highest BCUT2D eigenvalue weighted by Crippen LogP contribution is 2.31. The van der Waals surface area contributed by atoms with Gasteiger partial charge in [-0.3, -0.25) is 5.10 Å². The summed E-state index contributed by atoms with van der Waals surface area (Å²) in [6.07, 6.45) is 1.80. The van der Waals surface area contributed by atoms with E-state index in [1.807, 2.05) is 46.3 Å². The number of nitrogens with one attached hydrogen (secondary N) is 2. The summed E-state index contributed by atoms with van der Waals surface area (Å²) < 4.78 is 12.5. The van der Waals surface area contributed by atoms with Crippen molar-refractivity contribution < 1.29 is 9.47 Å². The summed E-state index contributed by atoms with van der Waals surface area (Å²) in [4.78, 5) is 13.5. The number of fused-ring (bicyclic) bond motifs is 3. The number of aromatic nitrogens is 5. The molecule has 3 aromatic heterocycles. The molecule has 2 aromatic carbocycles. The highest BCUT2D eigenvalue weighted by Gasteiger charge is 2.12. The average Bonchev–Trinajstić information content (AvgIpc) is 3.43. The largest absolute Gasteiger partial charge is 0.493 e. The second-order valence-electron chi connectivity index (χ2n) is 6.05. The molecular weight excluding hydrogens is 376 g/mol. The van der Waals surface area contributed by atoms with Crippen LogP contribution in [0.1, 0.15) is 0 Å². The van der Waals surface area contributed by atoms with Crippen LogP contribution in [0.5, 0.6) is 11.5 Å². The number of imidazole rings is 1. The lowest BCUT2D eigenvalue weighted by Gasteiger charge is -2.09. The van der Waals surface area contributed by atoms with Gasteiger partial charge in [-0.1, -0.05) is 0 Å². The van der Waals surface area contributed by atoms with Crippen LogP contribution in [0, 0.1) is 0 Å². The zero-order valence-corrected chi connectivity index (χ0v) is 15.9. The first kappa shape index (κ1) is 16.6. The molecule has 0 fully saturated rings. The Morgan fingerprint density at radius 2 is 1.93 bits per heavy atom. The van der Waals surface area contributed by atoms with Gasteiger partial charge in [0.05, 0.1) is 25.3 Å². The van der Waals surface area contributed by atoms with Gasteiger partial charge >= 0.3 is 0 Å². The smallest absolute Gasteiger partial charge is 0.253 e. The van der Waals surface area contributed by atoms with Gasteiger partial charge in [0.1, 0.15) is 5.01 Å². The van der Waals surface area contributed by atoms with Crippen LogP contribution in [0.2, 0.25) is 0 Å². The summed E-state index contributed by atoms with van der Waals surface area (Å²) in [5.41, 5.74) is 3.68. The number of aromatic amines is 1. The van der Waals surface area contributed by atoms with Crippen molar-refractivity contribution in [2.45, 2.75) is 0 Å². The molecular formula is C19H16N6O2S. The third-order valence-corrected chi connectivity index (χ3v) is 5.21. The molecule has 0 atom stereocenters. The predicted octanol–water partition coefficient (Wildman–Crippen LogP) is 4.09. The first-order valence-corrected chi connectivity index (χ1v) is 9.40. The maximum atomic E-state index is 5.34. The summed E-state index contributed by atoms with van der Waals surface area (Å²) in [5.74, 6) is 2.49. The third kappa shape index (κ3) is 2.72. The Kier molecular flexibility index (Phi) is 3.87. The minimum Gasteiger partial charge on any atom is -0.493 e. The van der Waals surface area contributed by atoms with Crippen LogP contribution in [-0.4, -0.2) is 38.8 Å². The maximum Gasteiger partial charge on any atom is 0.253 e. The Balaban J connectivity index is 1.48. The van der Waals surface area contributed by atoms with Crippen molar-refractivity contribution in [2.24, 2.45) is 0 Å². The van der Waals surface area contributed by atoms with E-state index in [1.54, 1.807) is 31.8 Å². The molecule has 9 heteroatoms. The van der Waals surface area contributed by atoms with E-state index in [9.17, 15) is 0 Å². The SMILES string of the molecule is COc1ccc(Nc2nc3nc4cc(-c5nccs5)ccc4n3[nH]2)cc1OC. The topological polar surface area (TPSA) is 89.4 Å². The van der Waals surface area contributed by atoms with E-state index in [2.05, 4.69) is 25.4 Å². The summed E-state index contributed by atoms with van der Waals surface area (Å²) in [5, 5.41) is 9.40. The Labute approximate surface area is 163 Å². The lowest BCUT2D eigenvalue weighted by atomic mass is 10.2. The maximum absolute atomic E-state index is 5.34. The van der Waals surface area contributed by atoms with Crippen molar-refractivity contribution >= 4 is 39.8 Å². The highest BCUT2D eigenvalue weighted by atomic mass is 32.1. The number of hydrogen-bond acceptors (Lipinski definition) is 7. The van der Waals surface area contributed by atoms with E-state index in [4.69, 9.17) is 9.47 Å². The average molecular weight is 392 g/mol. The van der Waals surface area contributed by atoms with Gasteiger partial charge in [0.2, 0.25) is 5.95 Å². The van der Waals surface area contributed by atoms with Crippen molar-refractivity contribution in [1.29, 1.82) is 0 Å². The van der Waals surface area contributed by atoms with Gasteiger partial charge in [0, 0.05) is 28.9 Å². The monoisotopic (exact) mass is 392 g/mol. The van der Waals surface area contributed by atoms with Crippen molar-refractivity contribution in [2.75, 3.05) is 19.5 Å². The van der Waals surface area contributed by atoms with Crippen molar-refractivity contribution in [3.05, 3.63) is 48.0 Å². The molecule has 28 heavy (non-hydrogen) atoms. The molecule has 8 nitrogen and oxygen atoms in total. The standard InChI is InChI=1S/C19H16N6O2S/c1-26-15-6-4-12(10-16(15)27-2)21-18-23-19-22-13-9-11(17-20-7-8-28-17)3-5-14(13)25(19)24-18/h3-10H,1-2H3,(H2,21,22,23,24). The highest BCUT2D eigenvalue weighted by molar-refractivity contribution is 7.13. The van der Waals surface area contributed by atoms with Gasteiger partial charge in [0.15, 0.2) is 11.5 Å². The van der Waals surface area contributed by atoms with Gasteiger partial charge in [0.25, 0.3) is 5.78 Å². The minimum absolute atomic E-state index is 0.584. The quantitative estimate of drug-likeness (QED) is 0.468. The van der Waals surface area contributed by atoms with Crippen LogP contribution >= 0.6 is 11.3 Å². The number of H-pyrrole nitrogens is 1. The summed E-state index contributed by atoms with van der Waals surface area (Å²) in [6, 6.07) is 11.7. The van der Waals surface area contributed by atoms with E-state index >= 15 is 0 Å². The van der Waals surface area contributed by atoms with Crippen molar-refractivity contribution in [3.8, 4) is 22.1 Å². The van der Waals surface area contributed by atoms with Gasteiger partial charge in [-0.2, -0.15) is 4.98 Å². The number of ether oxygens (including phenoxy) is 2. The van der Waals surface area contributed by atoms with E-state index < -0.39 is 0 Å². The Hall–Kier alpha value is -3.59. The van der Waals surface area contributed by atoms with Crippen LogP contribution in [0.4, 0.5) is 11.6 Å². The normalized spacial score (nSPS) is 11.2. The molecule has 5 rings (SSSR count). The number of methoxy groups -OCH3 is 2. The molecule has 2 N–H and O–H groups in total. The lowest BCUT2D eigenvalue weighted by molar-refractivity contribution is 0.355. The molecule has 3 heterocycles. The fraction of sp³-hybridized carbons (Fsp3) is 0.105. The second kappa shape index (κ2) is 6.54. The molecule has 0 spiro atoms. The molecule has 0 unspecified atom stereocenters. The second-order valence-corrected chi connectivity index (χ2v) is 6.95. The first-order valence-electron chi connectivity index (χ1n) is 8.52. The number of nitrogens with zero attached hydrogens (tertiary/aromatic N) is 4. The molecule has 140 valence electrons. The van der Waals surface area contributed by atoms with Gasteiger partial charge in [-0.25, -0.2) is 14.5 Å². The molecule has 0 aliphatic rings. The molecule has 5 aromatic rings. The van der Waals surface area contributed by atoms with Gasteiger partial charge in [-0.15, -0.1) is 11.3 Å². The molecule has 0 saturated heterocycles. The first-order chi connectivity index (χ1) is 13.7. The van der Waals surface area contributed by atoms with Crippen LogP contribution in [0.15, 0.2) is 48.0 Å². The third-order valence-electron chi connectivity index (χ3n) is 4.39. The van der Waals surface area contributed by atoms with E-state index in [-0.39, 0.29) is 0 Å². The summed E-state index contributed by atoms with van der Waals surface area (Å²) in [7, 11) is 3.21. The van der Waals surface area contributed by atoms with Crippen LogP contribution in [-0.2, 0) is 0 Å². The lowest BCUT2D eigenvalue weighted by Crippen LogP contribution is -1.96. The number of rotatable bonds is 5. The molecule has 0 amide bonds. The molecule has 0 bridgehead atoms. The van der Waals surface area contributed by atoms with Crippen molar-refractivity contribution in [3.63, 3.8) is 0 Å². The molecule has 0 radical (unpaired) electrons. The van der Waals surface area contributed by atoms with Crippen LogP contribution in [0.25, 0.3) is 27.4 Å². The fourth-order valence-electron chi connectivity index (χ4n) is 3.09. The fourth-order valence-corrected chi connectivity index (χ4v) is 3.72. The molecule has 0 aliphatic carbocycles. The van der Waals surface area contributed by atoms with E-state index in [1.165, 1.54) is 0 Å². The zero-order chi connectivity index (χ0) is 19.1. The van der Waals surface area contributed by atoms with E-state index in [0.717, 1.165) is 27.3 Å². The summed E-state index contributed by atoms with van der Waals surface area (Å²) in [6.45, 7) is 0. The Morgan fingerprint density at radius 3 is 2.71 bits per heavy atom. The number of hydrogen-bond donors (Lipinski definition) is 2. The van der Waals surface area contributed by atoms with Gasteiger partial charge in [-0.05, 0) is 30.3 Å². The van der Waals surface area contributed by atoms with Crippen molar-refractivity contribution in [1.82, 2.24) is 24.6 Å². The molecule has 0 saturated carbocycles. The predicted molar refractivity (Wildman–Crippen MR) is 109 cm³/mol. The van der Waals surface area contributed by atoms with Crippen LogP contribution < -0.4 is 14.8 Å². The minimum atomic E-state index is 0.584.